The van der Waals surface area contributed by atoms with Crippen molar-refractivity contribution in [1.29, 1.82) is 0 Å². The van der Waals surface area contributed by atoms with Crippen LogP contribution in [-0.4, -0.2) is 25.3 Å². The van der Waals surface area contributed by atoms with Crippen molar-refractivity contribution in [3.63, 3.8) is 0 Å². The van der Waals surface area contributed by atoms with Crippen molar-refractivity contribution in [2.45, 2.75) is 30.9 Å². The van der Waals surface area contributed by atoms with Gasteiger partial charge in [-0.1, -0.05) is 0 Å². The monoisotopic (exact) mass is 475 g/mol. The Bertz CT molecular complexity index is 1020. The Labute approximate surface area is 177 Å². The molecule has 2 unspecified atom stereocenters. The van der Waals surface area contributed by atoms with Gasteiger partial charge in [-0.25, -0.2) is 0 Å². The number of carbonyl (C=O) groups excluding carboxylic acids is 1. The van der Waals surface area contributed by atoms with Crippen LogP contribution in [0.25, 0.3) is 11.1 Å². The van der Waals surface area contributed by atoms with Crippen molar-refractivity contribution in [2.75, 3.05) is 0 Å². The van der Waals surface area contributed by atoms with Gasteiger partial charge in [-0.3, -0.25) is 0 Å². The fraction of sp³-hybridized carbons (Fsp3) is 0.227. The van der Waals surface area contributed by atoms with Crippen molar-refractivity contribution < 1.29 is 25.9 Å². The van der Waals surface area contributed by atoms with Gasteiger partial charge >= 0.3 is 177 Å². The van der Waals surface area contributed by atoms with Crippen molar-refractivity contribution in [2.24, 2.45) is 0 Å². The number of benzene rings is 2. The van der Waals surface area contributed by atoms with Gasteiger partial charge in [0.15, 0.2) is 0 Å². The van der Waals surface area contributed by atoms with Crippen LogP contribution in [0.15, 0.2) is 66.7 Å². The van der Waals surface area contributed by atoms with E-state index in [-0.39, 0.29) is 12.2 Å². The van der Waals surface area contributed by atoms with E-state index in [1.54, 1.807) is 25.1 Å². The first kappa shape index (κ1) is 22.2. The summed E-state index contributed by atoms with van der Waals surface area (Å²) in [5, 5.41) is 9.59. The second kappa shape index (κ2) is 9.14. The zero-order valence-electron chi connectivity index (χ0n) is 16.7. The third-order valence-corrected chi connectivity index (χ3v) is 9.85. The third kappa shape index (κ3) is 4.50. The van der Waals surface area contributed by atoms with E-state index >= 15 is 0 Å². The number of nitrogens with one attached hydrogen (secondary N) is 1. The average molecular weight is 475 g/mol. The Morgan fingerprint density at radius 1 is 1.17 bits per heavy atom. The van der Waals surface area contributed by atoms with E-state index in [2.05, 4.69) is 9.36 Å². The molecule has 8 heteroatoms. The maximum atomic E-state index is 13.6. The Balaban J connectivity index is 2.15. The number of allylic oxidation sites excluding steroid dienone is 4. The molecule has 1 amide bonds. The maximum absolute atomic E-state index is 13.6. The van der Waals surface area contributed by atoms with Crippen LogP contribution in [0.5, 0.6) is 0 Å². The molecule has 6 nitrogen and oxygen atoms in total. The number of rotatable bonds is 7. The molecular formula is C22H23AsFNO5. The topological polar surface area (TPSA) is 84.9 Å². The summed E-state index contributed by atoms with van der Waals surface area (Å²) < 4.78 is 35.5. The van der Waals surface area contributed by atoms with Crippen LogP contribution >= 0.6 is 0 Å². The molecule has 30 heavy (non-hydrogen) atoms. The van der Waals surface area contributed by atoms with Gasteiger partial charge in [-0.15, -0.1) is 0 Å². The Morgan fingerprint density at radius 2 is 1.83 bits per heavy atom. The fourth-order valence-corrected chi connectivity index (χ4v) is 7.02. The molecular weight excluding hydrogens is 452 g/mol. The number of hydrogen-bond donors (Lipinski definition) is 2. The molecule has 0 heterocycles. The van der Waals surface area contributed by atoms with E-state index in [0.29, 0.717) is 6.42 Å². The predicted molar refractivity (Wildman–Crippen MR) is 111 cm³/mol. The molecule has 0 fully saturated rings. The third-order valence-electron chi connectivity index (χ3n) is 5.15. The average Bonchev–Trinajstić information content (AvgIpc) is 2.78. The molecule has 2 aromatic carbocycles. The van der Waals surface area contributed by atoms with E-state index in [1.807, 2.05) is 36.4 Å². The second-order valence-corrected chi connectivity index (χ2v) is 11.8. The summed E-state index contributed by atoms with van der Waals surface area (Å²) >= 11 is -5.04. The standard InChI is InChI=1S/C22H23AsFNO5/c1-3-22(23(27,30-28)29-25-16(2)26)14-19(17-7-5-4-6-8-17)13-20(15-22)18-9-11-21(24)12-10-18/h4-14,28H,3,15H2,1-2H3,(H,25,26). The summed E-state index contributed by atoms with van der Waals surface area (Å²) in [5.74, 6) is -0.935. The molecule has 0 aromatic heterocycles. The summed E-state index contributed by atoms with van der Waals surface area (Å²) in [7, 11) is 0. The molecule has 3 rings (SSSR count). The van der Waals surface area contributed by atoms with Gasteiger partial charge in [0.1, 0.15) is 0 Å². The SMILES string of the molecule is CCC1([As](=O)(OO)ONC(C)=O)C=C(c2ccccc2)C=C(c2ccc(F)cc2)C1. The van der Waals surface area contributed by atoms with Crippen LogP contribution in [0.4, 0.5) is 4.39 Å². The Morgan fingerprint density at radius 3 is 2.40 bits per heavy atom. The van der Waals surface area contributed by atoms with Crippen molar-refractivity contribution in [3.05, 3.63) is 83.7 Å². The van der Waals surface area contributed by atoms with E-state index in [0.717, 1.165) is 22.3 Å². The molecule has 0 spiro atoms. The number of amides is 1. The molecule has 2 atom stereocenters. The number of hydroxylamine groups is 1. The van der Waals surface area contributed by atoms with Crippen molar-refractivity contribution >= 4 is 31.2 Å². The van der Waals surface area contributed by atoms with Gasteiger partial charge in [0.2, 0.25) is 0 Å². The summed E-state index contributed by atoms with van der Waals surface area (Å²) in [4.78, 5) is 11.3. The Kier molecular flexibility index (Phi) is 6.78. The van der Waals surface area contributed by atoms with Crippen LogP contribution in [0.3, 0.4) is 0 Å². The molecule has 0 saturated heterocycles. The summed E-state index contributed by atoms with van der Waals surface area (Å²) in [6, 6.07) is 15.4. The molecule has 0 radical (unpaired) electrons. The summed E-state index contributed by atoms with van der Waals surface area (Å²) in [6.07, 6.45) is 4.22. The summed E-state index contributed by atoms with van der Waals surface area (Å²) in [5.41, 5.74) is 5.21. The molecule has 1 aliphatic rings. The molecule has 1 aliphatic carbocycles. The van der Waals surface area contributed by atoms with Crippen LogP contribution in [0.2, 0.25) is 4.20 Å². The normalized spacial score (nSPS) is 20.7. The quantitative estimate of drug-likeness (QED) is 0.342. The van der Waals surface area contributed by atoms with Gasteiger partial charge in [0, 0.05) is 0 Å². The molecule has 2 aromatic rings. The van der Waals surface area contributed by atoms with Crippen molar-refractivity contribution in [1.82, 2.24) is 5.48 Å². The molecule has 0 bridgehead atoms. The van der Waals surface area contributed by atoms with E-state index < -0.39 is 24.3 Å². The first-order chi connectivity index (χ1) is 14.3. The van der Waals surface area contributed by atoms with E-state index in [1.165, 1.54) is 19.1 Å². The molecule has 158 valence electrons. The molecule has 0 aliphatic heterocycles. The first-order valence-electron chi connectivity index (χ1n) is 9.46. The zero-order chi connectivity index (χ0) is 21.8. The van der Waals surface area contributed by atoms with Gasteiger partial charge < -0.3 is 0 Å². The number of halogens is 1. The predicted octanol–water partition coefficient (Wildman–Crippen LogP) is 4.77. The molecule has 0 saturated carbocycles. The number of carbonyl (C=O) groups is 1. The van der Waals surface area contributed by atoms with Crippen LogP contribution in [0, 0.1) is 5.82 Å². The van der Waals surface area contributed by atoms with Crippen LogP contribution in [0.1, 0.15) is 37.8 Å². The van der Waals surface area contributed by atoms with Gasteiger partial charge in [0.25, 0.3) is 0 Å². The van der Waals surface area contributed by atoms with E-state index in [4.69, 9.17) is 3.83 Å². The second-order valence-electron chi connectivity index (χ2n) is 7.10. The number of hydrogen-bond acceptors (Lipinski definition) is 5. The zero-order valence-corrected chi connectivity index (χ0v) is 18.5. The van der Waals surface area contributed by atoms with Gasteiger partial charge in [0.05, 0.1) is 0 Å². The van der Waals surface area contributed by atoms with Crippen LogP contribution < -0.4 is 5.48 Å². The minimum absolute atomic E-state index is 0.210. The Hall–Kier alpha value is -2.44. The van der Waals surface area contributed by atoms with Gasteiger partial charge in [-0.05, 0) is 0 Å². The van der Waals surface area contributed by atoms with Crippen molar-refractivity contribution in [3.8, 4) is 0 Å². The fourth-order valence-electron chi connectivity index (χ4n) is 3.51. The summed E-state index contributed by atoms with van der Waals surface area (Å²) in [6.45, 7) is 3.00. The first-order valence-corrected chi connectivity index (χ1v) is 12.7. The molecule has 2 N–H and O–H groups in total. The van der Waals surface area contributed by atoms with Gasteiger partial charge in [-0.2, -0.15) is 0 Å². The van der Waals surface area contributed by atoms with Crippen LogP contribution in [-0.2, 0) is 16.2 Å². The minimum atomic E-state index is -5.04. The van der Waals surface area contributed by atoms with E-state index in [9.17, 15) is 18.2 Å².